The highest BCUT2D eigenvalue weighted by Crippen LogP contribution is 2.31. The molecule has 0 unspecified atom stereocenters. The van der Waals surface area contributed by atoms with Gasteiger partial charge in [0.1, 0.15) is 11.4 Å². The zero-order chi connectivity index (χ0) is 22.0. The Kier molecular flexibility index (Phi) is 5.48. The van der Waals surface area contributed by atoms with Crippen LogP contribution in [0.3, 0.4) is 0 Å². The summed E-state index contributed by atoms with van der Waals surface area (Å²) in [7, 11) is -2.04. The zero-order valence-electron chi connectivity index (χ0n) is 17.1. The second-order valence-electron chi connectivity index (χ2n) is 7.12. The third kappa shape index (κ3) is 4.59. The number of nitrogens with one attached hydrogen (secondary N) is 1. The summed E-state index contributed by atoms with van der Waals surface area (Å²) in [6.45, 7) is 0.403. The number of methoxy groups -OCH3 is 1. The van der Waals surface area contributed by atoms with Crippen molar-refractivity contribution in [2.45, 2.75) is 6.54 Å². The maximum Gasteiger partial charge on any atom is 0.283 e. The first-order valence-electron chi connectivity index (χ1n) is 9.55. The predicted octanol–water partition coefficient (Wildman–Crippen LogP) is 3.45. The number of nitrogens with zero attached hydrogens (tertiary/aromatic N) is 2. The highest BCUT2D eigenvalue weighted by Gasteiger charge is 2.15. The molecule has 8 heteroatoms. The number of fused-ring (bicyclic) bond motifs is 1. The van der Waals surface area contributed by atoms with Crippen LogP contribution in [0.1, 0.15) is 16.2 Å². The van der Waals surface area contributed by atoms with Crippen molar-refractivity contribution in [1.82, 2.24) is 14.3 Å². The molecule has 4 rings (SSSR count). The largest absolute Gasteiger partial charge is 0.497 e. The molecule has 2 aromatic heterocycles. The molecule has 1 N–H and O–H groups in total. The zero-order valence-corrected chi connectivity index (χ0v) is 17.9. The summed E-state index contributed by atoms with van der Waals surface area (Å²) >= 11 is 0. The van der Waals surface area contributed by atoms with E-state index >= 15 is 0 Å². The molecule has 0 aliphatic carbocycles. The van der Waals surface area contributed by atoms with E-state index in [2.05, 4.69) is 15.6 Å². The van der Waals surface area contributed by atoms with Crippen molar-refractivity contribution in [1.29, 1.82) is 0 Å². The molecule has 0 saturated heterocycles. The van der Waals surface area contributed by atoms with Crippen LogP contribution in [-0.2, 0) is 16.6 Å². The molecular formula is C23H21N3O4S. The number of rotatable bonds is 6. The van der Waals surface area contributed by atoms with E-state index in [4.69, 9.17) is 4.74 Å². The molecule has 0 fully saturated rings. The van der Waals surface area contributed by atoms with Crippen LogP contribution in [0.15, 0.2) is 72.8 Å². The van der Waals surface area contributed by atoms with Crippen LogP contribution in [0.25, 0.3) is 22.2 Å². The van der Waals surface area contributed by atoms with E-state index in [0.717, 1.165) is 34.2 Å². The monoisotopic (exact) mass is 435 g/mol. The quantitative estimate of drug-likeness (QED) is 0.501. The van der Waals surface area contributed by atoms with Crippen molar-refractivity contribution >= 4 is 26.8 Å². The van der Waals surface area contributed by atoms with Crippen LogP contribution in [0.2, 0.25) is 0 Å². The fourth-order valence-corrected chi connectivity index (χ4v) is 3.91. The average molecular weight is 436 g/mol. The maximum absolute atomic E-state index is 12.2. The molecule has 2 heterocycles. The lowest BCUT2D eigenvalue weighted by atomic mass is 10.1. The fourth-order valence-electron chi connectivity index (χ4n) is 3.47. The van der Waals surface area contributed by atoms with Gasteiger partial charge in [-0.2, -0.15) is 0 Å². The van der Waals surface area contributed by atoms with Gasteiger partial charge in [0.25, 0.3) is 5.91 Å². The second-order valence-corrected chi connectivity index (χ2v) is 8.87. The molecule has 0 bridgehead atoms. The molecule has 0 atom stereocenters. The summed E-state index contributed by atoms with van der Waals surface area (Å²) in [4.78, 5) is 16.6. The van der Waals surface area contributed by atoms with E-state index in [9.17, 15) is 13.2 Å². The van der Waals surface area contributed by atoms with Gasteiger partial charge in [0.05, 0.1) is 25.6 Å². The summed E-state index contributed by atoms with van der Waals surface area (Å²) in [5, 5.41) is 1.02. The molecule has 158 valence electrons. The van der Waals surface area contributed by atoms with Crippen molar-refractivity contribution in [2.24, 2.45) is 0 Å². The van der Waals surface area contributed by atoms with Gasteiger partial charge in [-0.05, 0) is 42.0 Å². The lowest BCUT2D eigenvalue weighted by Crippen LogP contribution is -2.30. The molecule has 7 nitrogen and oxygen atoms in total. The van der Waals surface area contributed by atoms with Gasteiger partial charge < -0.3 is 9.30 Å². The topological polar surface area (TPSA) is 90.3 Å². The Morgan fingerprint density at radius 2 is 1.81 bits per heavy atom. The summed E-state index contributed by atoms with van der Waals surface area (Å²) < 4.78 is 32.2. The van der Waals surface area contributed by atoms with Gasteiger partial charge in [-0.15, -0.1) is 0 Å². The summed E-state index contributed by atoms with van der Waals surface area (Å²) in [5.74, 6) is 0.0107. The van der Waals surface area contributed by atoms with Crippen molar-refractivity contribution in [2.75, 3.05) is 13.4 Å². The minimum Gasteiger partial charge on any atom is -0.497 e. The van der Waals surface area contributed by atoms with Crippen LogP contribution in [0, 0.1) is 0 Å². The smallest absolute Gasteiger partial charge is 0.283 e. The number of hydrogen-bond acceptors (Lipinski definition) is 5. The Bertz CT molecular complexity index is 1360. The van der Waals surface area contributed by atoms with Gasteiger partial charge in [0.15, 0.2) is 0 Å². The van der Waals surface area contributed by atoms with Crippen molar-refractivity contribution in [3.8, 4) is 17.0 Å². The molecule has 2 aromatic carbocycles. The Labute approximate surface area is 180 Å². The van der Waals surface area contributed by atoms with Gasteiger partial charge in [-0.1, -0.05) is 36.4 Å². The van der Waals surface area contributed by atoms with Crippen molar-refractivity contribution < 1.29 is 17.9 Å². The Balaban J connectivity index is 1.78. The lowest BCUT2D eigenvalue weighted by molar-refractivity contribution is 0.0976. The van der Waals surface area contributed by atoms with E-state index in [1.54, 1.807) is 19.2 Å². The van der Waals surface area contributed by atoms with Crippen LogP contribution < -0.4 is 9.46 Å². The number of carbonyl (C=O) groups excluding carboxylic acids is 1. The van der Waals surface area contributed by atoms with Gasteiger partial charge in [0.2, 0.25) is 10.0 Å². The number of amides is 1. The molecule has 4 aromatic rings. The van der Waals surface area contributed by atoms with Crippen LogP contribution in [0.5, 0.6) is 5.75 Å². The maximum atomic E-state index is 12.2. The van der Waals surface area contributed by atoms with Crippen LogP contribution >= 0.6 is 0 Å². The Morgan fingerprint density at radius 1 is 1.03 bits per heavy atom. The predicted molar refractivity (Wildman–Crippen MR) is 120 cm³/mol. The van der Waals surface area contributed by atoms with Crippen LogP contribution in [-0.4, -0.2) is 37.2 Å². The van der Waals surface area contributed by atoms with E-state index in [-0.39, 0.29) is 5.69 Å². The van der Waals surface area contributed by atoms with Gasteiger partial charge in [0, 0.05) is 16.6 Å². The van der Waals surface area contributed by atoms with E-state index in [0.29, 0.717) is 12.2 Å². The number of sulfonamides is 1. The number of hydrogen-bond donors (Lipinski definition) is 1. The van der Waals surface area contributed by atoms with Crippen LogP contribution in [0.4, 0.5) is 0 Å². The van der Waals surface area contributed by atoms with Crippen molar-refractivity contribution in [3.63, 3.8) is 0 Å². The lowest BCUT2D eigenvalue weighted by Gasteiger charge is -2.12. The molecule has 1 amide bonds. The molecule has 0 aliphatic heterocycles. The first-order chi connectivity index (χ1) is 14.8. The number of pyridine rings is 1. The standard InChI is InChI=1S/C23H21N3O4S/c1-30-19-11-12-21-17(13-19)14-22(16-7-4-3-5-8-16)26(21)15-18-9-6-10-20(24-18)23(27)25-31(2,28)29/h3-14H,15H2,1-2H3,(H,25,27). The molecule has 0 aliphatic rings. The van der Waals surface area contributed by atoms with Gasteiger partial charge >= 0.3 is 0 Å². The Morgan fingerprint density at radius 3 is 2.52 bits per heavy atom. The first-order valence-corrected chi connectivity index (χ1v) is 11.4. The van der Waals surface area contributed by atoms with E-state index < -0.39 is 15.9 Å². The third-order valence-corrected chi connectivity index (χ3v) is 5.37. The highest BCUT2D eigenvalue weighted by atomic mass is 32.2. The minimum atomic E-state index is -3.67. The molecule has 31 heavy (non-hydrogen) atoms. The Hall–Kier alpha value is -3.65. The summed E-state index contributed by atoms with van der Waals surface area (Å²) in [6, 6.07) is 22.9. The second kappa shape index (κ2) is 8.23. The molecule has 0 saturated carbocycles. The minimum absolute atomic E-state index is 0.0438. The fraction of sp³-hybridized carbons (Fsp3) is 0.130. The number of ether oxygens (including phenoxy) is 1. The summed E-state index contributed by atoms with van der Waals surface area (Å²) in [5.41, 5.74) is 3.71. The molecule has 0 radical (unpaired) electrons. The normalized spacial score (nSPS) is 11.4. The van der Waals surface area contributed by atoms with Gasteiger partial charge in [-0.3, -0.25) is 4.79 Å². The van der Waals surface area contributed by atoms with Crippen molar-refractivity contribution in [3.05, 3.63) is 84.2 Å². The number of benzene rings is 2. The average Bonchev–Trinajstić information content (AvgIpc) is 3.11. The molecule has 0 spiro atoms. The van der Waals surface area contributed by atoms with E-state index in [1.807, 2.05) is 53.3 Å². The van der Waals surface area contributed by atoms with Gasteiger partial charge in [-0.25, -0.2) is 18.1 Å². The highest BCUT2D eigenvalue weighted by molar-refractivity contribution is 7.89. The SMILES string of the molecule is COc1ccc2c(c1)cc(-c1ccccc1)n2Cc1cccc(C(=O)NS(C)(=O)=O)n1. The third-order valence-electron chi connectivity index (χ3n) is 4.82. The summed E-state index contributed by atoms with van der Waals surface area (Å²) in [6.07, 6.45) is 0.932. The number of aromatic nitrogens is 2. The molecular weight excluding hydrogens is 414 g/mol. The van der Waals surface area contributed by atoms with E-state index in [1.165, 1.54) is 6.07 Å². The first kappa shape index (κ1) is 20.6. The number of carbonyl (C=O) groups is 1.